The first-order valence-corrected chi connectivity index (χ1v) is 8.39. The third kappa shape index (κ3) is 4.18. The van der Waals surface area contributed by atoms with Crippen LogP contribution in [0.5, 0.6) is 0 Å². The normalized spacial score (nSPS) is 13.2. The zero-order valence-electron chi connectivity index (χ0n) is 15.2. The lowest BCUT2D eigenvalue weighted by atomic mass is 10.0. The Morgan fingerprint density at radius 2 is 1.63 bits per heavy atom. The van der Waals surface area contributed by atoms with Gasteiger partial charge in [0.25, 0.3) is 17.7 Å². The van der Waals surface area contributed by atoms with Crippen molar-refractivity contribution >= 4 is 30.1 Å². The van der Waals surface area contributed by atoms with E-state index in [-0.39, 0.29) is 36.7 Å². The molecular weight excluding hydrogens is 366 g/mol. The quantitative estimate of drug-likeness (QED) is 0.770. The fourth-order valence-corrected chi connectivity index (χ4v) is 2.81. The van der Waals surface area contributed by atoms with E-state index in [1.54, 1.807) is 48.5 Å². The Hall–Kier alpha value is -2.70. The highest BCUT2D eigenvalue weighted by atomic mass is 35.5. The van der Waals surface area contributed by atoms with Crippen molar-refractivity contribution < 1.29 is 14.4 Å². The molecule has 3 N–H and O–H groups in total. The van der Waals surface area contributed by atoms with Crippen molar-refractivity contribution in [2.75, 3.05) is 6.54 Å². The highest BCUT2D eigenvalue weighted by molar-refractivity contribution is 6.21. The summed E-state index contributed by atoms with van der Waals surface area (Å²) in [5, 5.41) is 2.86. The Morgan fingerprint density at radius 3 is 2.19 bits per heavy atom. The smallest absolute Gasteiger partial charge is 0.261 e. The number of hydrogen-bond acceptors (Lipinski definition) is 4. The Bertz CT molecular complexity index is 861. The van der Waals surface area contributed by atoms with Gasteiger partial charge in [-0.15, -0.1) is 12.4 Å². The van der Waals surface area contributed by atoms with E-state index in [0.29, 0.717) is 28.8 Å². The van der Waals surface area contributed by atoms with Gasteiger partial charge in [-0.25, -0.2) is 0 Å². The number of fused-ring (bicyclic) bond motifs is 1. The molecule has 0 fully saturated rings. The number of imide groups is 1. The number of nitrogens with two attached hydrogens (primary N) is 1. The predicted octanol–water partition coefficient (Wildman–Crippen LogP) is 2.37. The molecule has 27 heavy (non-hydrogen) atoms. The van der Waals surface area contributed by atoms with Crippen LogP contribution in [-0.4, -0.2) is 34.7 Å². The number of nitrogens with zero attached hydrogens (tertiary/aromatic N) is 1. The topological polar surface area (TPSA) is 92.5 Å². The number of rotatable bonds is 5. The Balaban J connectivity index is 0.00000261. The first-order valence-electron chi connectivity index (χ1n) is 8.39. The van der Waals surface area contributed by atoms with E-state index in [4.69, 9.17) is 5.73 Å². The second-order valence-electron chi connectivity index (χ2n) is 6.98. The van der Waals surface area contributed by atoms with Crippen LogP contribution in [0.15, 0.2) is 48.5 Å². The maximum absolute atomic E-state index is 12.5. The third-order valence-corrected chi connectivity index (χ3v) is 4.37. The Morgan fingerprint density at radius 1 is 1.04 bits per heavy atom. The van der Waals surface area contributed by atoms with Crippen molar-refractivity contribution in [3.8, 4) is 0 Å². The molecular formula is C20H22ClN3O3. The van der Waals surface area contributed by atoms with E-state index in [1.807, 2.05) is 13.8 Å². The monoisotopic (exact) mass is 387 g/mol. The highest BCUT2D eigenvalue weighted by Crippen LogP contribution is 2.24. The van der Waals surface area contributed by atoms with Crippen LogP contribution >= 0.6 is 12.4 Å². The first kappa shape index (κ1) is 20.6. The third-order valence-electron chi connectivity index (χ3n) is 4.37. The zero-order valence-corrected chi connectivity index (χ0v) is 16.0. The molecule has 0 atom stereocenters. The van der Waals surface area contributed by atoms with Crippen LogP contribution in [0.1, 0.15) is 50.5 Å². The average Bonchev–Trinajstić information content (AvgIpc) is 2.87. The van der Waals surface area contributed by atoms with Crippen molar-refractivity contribution in [3.05, 3.63) is 70.8 Å². The molecule has 0 aliphatic carbocycles. The lowest BCUT2D eigenvalue weighted by Crippen LogP contribution is -2.48. The van der Waals surface area contributed by atoms with Crippen molar-refractivity contribution in [1.29, 1.82) is 0 Å². The van der Waals surface area contributed by atoms with Gasteiger partial charge in [-0.1, -0.05) is 24.3 Å². The fraction of sp³-hybridized carbons (Fsp3) is 0.250. The summed E-state index contributed by atoms with van der Waals surface area (Å²) in [6, 6.07) is 13.7. The predicted molar refractivity (Wildman–Crippen MR) is 105 cm³/mol. The Labute approximate surface area is 164 Å². The van der Waals surface area contributed by atoms with Crippen LogP contribution in [0.2, 0.25) is 0 Å². The van der Waals surface area contributed by atoms with Crippen LogP contribution in [0.3, 0.4) is 0 Å². The number of carbonyl (C=O) groups is 3. The van der Waals surface area contributed by atoms with Crippen molar-refractivity contribution in [2.24, 2.45) is 5.73 Å². The summed E-state index contributed by atoms with van der Waals surface area (Å²) in [5.74, 6) is -0.876. The minimum atomic E-state index is -0.518. The summed E-state index contributed by atoms with van der Waals surface area (Å²) in [7, 11) is 0. The molecule has 2 aromatic rings. The number of hydrogen-bond donors (Lipinski definition) is 2. The summed E-state index contributed by atoms with van der Waals surface area (Å²) in [5.41, 5.74) is 7.12. The molecule has 7 heteroatoms. The lowest BCUT2D eigenvalue weighted by molar-refractivity contribution is 0.0642. The fourth-order valence-electron chi connectivity index (χ4n) is 2.81. The van der Waals surface area contributed by atoms with Crippen LogP contribution in [-0.2, 0) is 6.54 Å². The van der Waals surface area contributed by atoms with Gasteiger partial charge in [-0.05, 0) is 43.7 Å². The number of nitrogens with one attached hydrogen (secondary N) is 1. The van der Waals surface area contributed by atoms with E-state index >= 15 is 0 Å². The van der Waals surface area contributed by atoms with Gasteiger partial charge >= 0.3 is 0 Å². The van der Waals surface area contributed by atoms with Gasteiger partial charge in [0.05, 0.1) is 17.7 Å². The molecule has 1 aliphatic heterocycles. The zero-order chi connectivity index (χ0) is 18.9. The molecule has 1 heterocycles. The van der Waals surface area contributed by atoms with Crippen molar-refractivity contribution in [3.63, 3.8) is 0 Å². The second-order valence-corrected chi connectivity index (χ2v) is 6.98. The van der Waals surface area contributed by atoms with Crippen molar-refractivity contribution in [1.82, 2.24) is 10.2 Å². The van der Waals surface area contributed by atoms with Gasteiger partial charge in [-0.3, -0.25) is 19.3 Å². The summed E-state index contributed by atoms with van der Waals surface area (Å²) in [4.78, 5) is 38.5. The molecule has 0 bridgehead atoms. The molecule has 6 nitrogen and oxygen atoms in total. The highest BCUT2D eigenvalue weighted by Gasteiger charge is 2.35. The van der Waals surface area contributed by atoms with Crippen LogP contribution in [0.25, 0.3) is 0 Å². The van der Waals surface area contributed by atoms with Gasteiger partial charge in [0.15, 0.2) is 0 Å². The Kier molecular flexibility index (Phi) is 6.03. The molecule has 3 rings (SSSR count). The van der Waals surface area contributed by atoms with Gasteiger partial charge < -0.3 is 11.1 Å². The molecule has 142 valence electrons. The van der Waals surface area contributed by atoms with Gasteiger partial charge in [0, 0.05) is 17.6 Å². The second kappa shape index (κ2) is 7.90. The molecule has 3 amide bonds. The molecule has 0 saturated carbocycles. The van der Waals surface area contributed by atoms with E-state index in [0.717, 1.165) is 0 Å². The lowest BCUT2D eigenvalue weighted by Gasteiger charge is -2.24. The van der Waals surface area contributed by atoms with E-state index in [2.05, 4.69) is 5.32 Å². The number of amides is 3. The molecule has 1 aliphatic rings. The summed E-state index contributed by atoms with van der Waals surface area (Å²) in [6.45, 7) is 4.11. The average molecular weight is 388 g/mol. The molecule has 0 saturated heterocycles. The van der Waals surface area contributed by atoms with Crippen molar-refractivity contribution in [2.45, 2.75) is 25.9 Å². The minimum absolute atomic E-state index is 0. The first-order chi connectivity index (χ1) is 12.3. The van der Waals surface area contributed by atoms with Gasteiger partial charge in [0.2, 0.25) is 0 Å². The minimum Gasteiger partial charge on any atom is -0.346 e. The number of halogens is 1. The summed E-state index contributed by atoms with van der Waals surface area (Å²) >= 11 is 0. The molecule has 0 spiro atoms. The summed E-state index contributed by atoms with van der Waals surface area (Å²) in [6.07, 6.45) is 0. The van der Waals surface area contributed by atoms with Crippen LogP contribution < -0.4 is 11.1 Å². The maximum atomic E-state index is 12.5. The summed E-state index contributed by atoms with van der Waals surface area (Å²) < 4.78 is 0. The SMILES string of the molecule is CC(C)(CN)NC(=O)c1cccc(CN2C(=O)c3ccccc3C2=O)c1.Cl. The molecule has 0 radical (unpaired) electrons. The van der Waals surface area contributed by atoms with E-state index < -0.39 is 5.54 Å². The van der Waals surface area contributed by atoms with E-state index in [9.17, 15) is 14.4 Å². The number of carbonyl (C=O) groups excluding carboxylic acids is 3. The van der Waals surface area contributed by atoms with Crippen LogP contribution in [0, 0.1) is 0 Å². The molecule has 0 aromatic heterocycles. The van der Waals surface area contributed by atoms with Gasteiger partial charge in [0.1, 0.15) is 0 Å². The maximum Gasteiger partial charge on any atom is 0.261 e. The molecule has 2 aromatic carbocycles. The number of benzene rings is 2. The molecule has 0 unspecified atom stereocenters. The van der Waals surface area contributed by atoms with Crippen LogP contribution in [0.4, 0.5) is 0 Å². The van der Waals surface area contributed by atoms with Gasteiger partial charge in [-0.2, -0.15) is 0 Å². The standard InChI is InChI=1S/C20H21N3O3.ClH/c1-20(2,12-21)22-17(24)14-7-5-6-13(10-14)11-23-18(25)15-8-3-4-9-16(15)19(23)26;/h3-10H,11-12,21H2,1-2H3,(H,22,24);1H. The van der Waals surface area contributed by atoms with E-state index in [1.165, 1.54) is 4.90 Å². The largest absolute Gasteiger partial charge is 0.346 e.